The summed E-state index contributed by atoms with van der Waals surface area (Å²) in [6.07, 6.45) is 2.72. The van der Waals surface area contributed by atoms with E-state index in [-0.39, 0.29) is 9.92 Å². The summed E-state index contributed by atoms with van der Waals surface area (Å²) in [6, 6.07) is 11.0. The van der Waals surface area contributed by atoms with Crippen molar-refractivity contribution in [3.8, 4) is 0 Å². The molecule has 2 aromatic rings. The number of pyridine rings is 1. The SMILES string of the molecule is Cc1ccc(S(=O)(=O)N=S(C)(=O)c2ccccn2)cc1. The lowest BCUT2D eigenvalue weighted by Crippen LogP contribution is -2.06. The van der Waals surface area contributed by atoms with Crippen LogP contribution < -0.4 is 0 Å². The molecule has 0 fully saturated rings. The summed E-state index contributed by atoms with van der Waals surface area (Å²) in [5.74, 6) is 0. The summed E-state index contributed by atoms with van der Waals surface area (Å²) in [4.78, 5) is 3.93. The Kier molecular flexibility index (Phi) is 3.92. The standard InChI is InChI=1S/C13H14N2O3S2/c1-11-6-8-12(9-7-11)20(17,18)15-19(2,16)13-5-3-4-10-14-13/h3-10H,1-2H3. The van der Waals surface area contributed by atoms with Gasteiger partial charge in [-0.1, -0.05) is 23.8 Å². The van der Waals surface area contributed by atoms with Crippen molar-refractivity contribution in [1.29, 1.82) is 0 Å². The average molecular weight is 310 g/mol. The van der Waals surface area contributed by atoms with Gasteiger partial charge in [0.25, 0.3) is 10.0 Å². The molecule has 0 bridgehead atoms. The van der Waals surface area contributed by atoms with Crippen molar-refractivity contribution in [3.05, 3.63) is 54.2 Å². The van der Waals surface area contributed by atoms with Gasteiger partial charge in [-0.05, 0) is 31.2 Å². The van der Waals surface area contributed by atoms with Crippen molar-refractivity contribution in [1.82, 2.24) is 4.98 Å². The number of hydrogen-bond donors (Lipinski definition) is 0. The van der Waals surface area contributed by atoms with Gasteiger partial charge in [-0.25, -0.2) is 9.19 Å². The Balaban J connectivity index is 2.53. The van der Waals surface area contributed by atoms with Crippen LogP contribution in [0, 0.1) is 6.92 Å². The minimum absolute atomic E-state index is 0.0219. The first-order chi connectivity index (χ1) is 9.31. The highest BCUT2D eigenvalue weighted by atomic mass is 32.3. The molecule has 0 aliphatic carbocycles. The quantitative estimate of drug-likeness (QED) is 0.871. The number of sulfonamides is 1. The minimum atomic E-state index is -3.97. The smallest absolute Gasteiger partial charge is 0.246 e. The van der Waals surface area contributed by atoms with E-state index in [9.17, 15) is 12.6 Å². The fourth-order valence-electron chi connectivity index (χ4n) is 1.55. The molecule has 1 unspecified atom stereocenters. The monoisotopic (exact) mass is 310 g/mol. The first kappa shape index (κ1) is 14.7. The van der Waals surface area contributed by atoms with Crippen LogP contribution in [-0.2, 0) is 19.8 Å². The molecule has 0 amide bonds. The van der Waals surface area contributed by atoms with E-state index in [1.165, 1.54) is 30.7 Å². The number of aryl methyl sites for hydroxylation is 1. The molecule has 0 saturated carbocycles. The normalized spacial score (nSPS) is 14.5. The molecule has 2 rings (SSSR count). The molecule has 0 N–H and O–H groups in total. The number of nitrogens with zero attached hydrogens (tertiary/aromatic N) is 2. The lowest BCUT2D eigenvalue weighted by Gasteiger charge is -2.04. The van der Waals surface area contributed by atoms with Gasteiger partial charge < -0.3 is 0 Å². The molecule has 0 aliphatic heterocycles. The molecule has 7 heteroatoms. The van der Waals surface area contributed by atoms with Crippen molar-refractivity contribution in [2.45, 2.75) is 16.8 Å². The Bertz CT molecular complexity index is 820. The second kappa shape index (κ2) is 5.34. The maximum Gasteiger partial charge on any atom is 0.290 e. The topological polar surface area (TPSA) is 76.5 Å². The Hall–Kier alpha value is -1.73. The number of benzene rings is 1. The van der Waals surface area contributed by atoms with E-state index in [1.54, 1.807) is 24.3 Å². The second-order valence-electron chi connectivity index (χ2n) is 4.33. The molecular weight excluding hydrogens is 296 g/mol. The van der Waals surface area contributed by atoms with Gasteiger partial charge in [0.15, 0.2) is 0 Å². The van der Waals surface area contributed by atoms with E-state index in [2.05, 4.69) is 8.75 Å². The van der Waals surface area contributed by atoms with E-state index >= 15 is 0 Å². The summed E-state index contributed by atoms with van der Waals surface area (Å²) in [7, 11) is -7.07. The van der Waals surface area contributed by atoms with Crippen LogP contribution in [0.2, 0.25) is 0 Å². The van der Waals surface area contributed by atoms with Crippen molar-refractivity contribution in [3.63, 3.8) is 0 Å². The zero-order chi connectivity index (χ0) is 14.8. The Morgan fingerprint density at radius 2 is 1.65 bits per heavy atom. The molecule has 106 valence electrons. The van der Waals surface area contributed by atoms with Gasteiger partial charge in [-0.2, -0.15) is 8.42 Å². The van der Waals surface area contributed by atoms with E-state index in [1.807, 2.05) is 6.92 Å². The summed E-state index contributed by atoms with van der Waals surface area (Å²) >= 11 is 0. The number of hydrogen-bond acceptors (Lipinski definition) is 4. The average Bonchev–Trinajstić information content (AvgIpc) is 2.39. The van der Waals surface area contributed by atoms with Crippen LogP contribution in [-0.4, -0.2) is 23.9 Å². The van der Waals surface area contributed by atoms with Gasteiger partial charge in [0, 0.05) is 12.5 Å². The molecule has 0 saturated heterocycles. The van der Waals surface area contributed by atoms with E-state index < -0.39 is 19.8 Å². The third-order valence-electron chi connectivity index (χ3n) is 2.59. The fourth-order valence-corrected chi connectivity index (χ4v) is 4.77. The molecular formula is C13H14N2O3S2. The Labute approximate surface area is 118 Å². The van der Waals surface area contributed by atoms with Gasteiger partial charge in [0.2, 0.25) is 0 Å². The lowest BCUT2D eigenvalue weighted by atomic mass is 10.2. The van der Waals surface area contributed by atoms with Crippen LogP contribution in [0.25, 0.3) is 0 Å². The summed E-state index contributed by atoms with van der Waals surface area (Å²) in [5, 5.41) is 0.149. The molecule has 0 spiro atoms. The Morgan fingerprint density at radius 1 is 1.00 bits per heavy atom. The van der Waals surface area contributed by atoms with Crippen molar-refractivity contribution >= 4 is 19.8 Å². The predicted octanol–water partition coefficient (Wildman–Crippen LogP) is 2.24. The second-order valence-corrected chi connectivity index (χ2v) is 8.37. The highest BCUT2D eigenvalue weighted by molar-refractivity contribution is 8.02. The third-order valence-corrected chi connectivity index (χ3v) is 6.39. The van der Waals surface area contributed by atoms with Crippen LogP contribution >= 0.6 is 0 Å². The summed E-state index contributed by atoms with van der Waals surface area (Å²) in [6.45, 7) is 1.85. The maximum absolute atomic E-state index is 12.4. The van der Waals surface area contributed by atoms with Crippen LogP contribution in [0.1, 0.15) is 5.56 Å². The fraction of sp³-hybridized carbons (Fsp3) is 0.154. The largest absolute Gasteiger partial charge is 0.290 e. The number of aromatic nitrogens is 1. The van der Waals surface area contributed by atoms with Crippen molar-refractivity contribution in [2.24, 2.45) is 3.77 Å². The molecule has 1 heterocycles. The zero-order valence-electron chi connectivity index (χ0n) is 11.1. The predicted molar refractivity (Wildman–Crippen MR) is 77.4 cm³/mol. The first-order valence-corrected chi connectivity index (χ1v) is 9.14. The highest BCUT2D eigenvalue weighted by Gasteiger charge is 2.17. The third kappa shape index (κ3) is 3.23. The molecule has 0 aliphatic rings. The van der Waals surface area contributed by atoms with Gasteiger partial charge in [-0.3, -0.25) is 0 Å². The molecule has 5 nitrogen and oxygen atoms in total. The van der Waals surface area contributed by atoms with Crippen LogP contribution in [0.4, 0.5) is 0 Å². The van der Waals surface area contributed by atoms with E-state index in [4.69, 9.17) is 0 Å². The zero-order valence-corrected chi connectivity index (χ0v) is 12.7. The van der Waals surface area contributed by atoms with Gasteiger partial charge in [-0.15, -0.1) is 3.77 Å². The minimum Gasteiger partial charge on any atom is -0.246 e. The summed E-state index contributed by atoms with van der Waals surface area (Å²) < 4.78 is 40.3. The first-order valence-electron chi connectivity index (χ1n) is 5.77. The van der Waals surface area contributed by atoms with E-state index in [0.717, 1.165) is 5.56 Å². The van der Waals surface area contributed by atoms with Crippen molar-refractivity contribution in [2.75, 3.05) is 6.26 Å². The van der Waals surface area contributed by atoms with Crippen LogP contribution in [0.15, 0.2) is 62.4 Å². The molecule has 1 aromatic carbocycles. The molecule has 1 atom stereocenters. The summed E-state index contributed by atoms with van der Waals surface area (Å²) in [5.41, 5.74) is 0.936. The molecule has 20 heavy (non-hydrogen) atoms. The molecule has 1 aromatic heterocycles. The maximum atomic E-state index is 12.4. The van der Waals surface area contributed by atoms with Gasteiger partial charge in [0.05, 0.1) is 4.90 Å². The van der Waals surface area contributed by atoms with Crippen molar-refractivity contribution < 1.29 is 12.6 Å². The van der Waals surface area contributed by atoms with E-state index in [0.29, 0.717) is 0 Å². The van der Waals surface area contributed by atoms with Gasteiger partial charge in [0.1, 0.15) is 14.8 Å². The van der Waals surface area contributed by atoms with Crippen LogP contribution in [0.5, 0.6) is 0 Å². The Morgan fingerprint density at radius 3 is 2.20 bits per heavy atom. The highest BCUT2D eigenvalue weighted by Crippen LogP contribution is 2.17. The van der Waals surface area contributed by atoms with Crippen LogP contribution in [0.3, 0.4) is 0 Å². The molecule has 0 radical (unpaired) electrons. The van der Waals surface area contributed by atoms with Gasteiger partial charge >= 0.3 is 0 Å². The lowest BCUT2D eigenvalue weighted by molar-refractivity contribution is 0.598. The number of rotatable bonds is 3.